The molecular formula is C17H16Cl2N2O. The van der Waals surface area contributed by atoms with E-state index in [-0.39, 0.29) is 12.3 Å². The first-order chi connectivity index (χ1) is 10.5. The van der Waals surface area contributed by atoms with Crippen LogP contribution in [0.15, 0.2) is 41.5 Å². The number of benzene rings is 2. The Balaban J connectivity index is 1.94. The van der Waals surface area contributed by atoms with Crippen molar-refractivity contribution in [3.05, 3.63) is 68.7 Å². The Labute approximate surface area is 139 Å². The topological polar surface area (TPSA) is 41.5 Å². The van der Waals surface area contributed by atoms with Gasteiger partial charge in [0.2, 0.25) is 5.91 Å². The number of rotatable bonds is 4. The molecule has 0 radical (unpaired) electrons. The van der Waals surface area contributed by atoms with E-state index >= 15 is 0 Å². The van der Waals surface area contributed by atoms with E-state index in [9.17, 15) is 4.79 Å². The van der Waals surface area contributed by atoms with Gasteiger partial charge in [0.1, 0.15) is 0 Å². The Morgan fingerprint density at radius 3 is 2.59 bits per heavy atom. The number of hydrazone groups is 1. The molecule has 0 saturated heterocycles. The maximum absolute atomic E-state index is 11.9. The average molecular weight is 335 g/mol. The lowest BCUT2D eigenvalue weighted by Crippen LogP contribution is -2.19. The van der Waals surface area contributed by atoms with Crippen LogP contribution in [0.1, 0.15) is 22.3 Å². The summed E-state index contributed by atoms with van der Waals surface area (Å²) in [4.78, 5) is 11.9. The largest absolute Gasteiger partial charge is 0.273 e. The zero-order valence-electron chi connectivity index (χ0n) is 12.4. The van der Waals surface area contributed by atoms with Gasteiger partial charge in [-0.2, -0.15) is 5.10 Å². The van der Waals surface area contributed by atoms with Crippen LogP contribution in [0.2, 0.25) is 10.0 Å². The van der Waals surface area contributed by atoms with E-state index in [1.807, 2.05) is 32.0 Å². The third kappa shape index (κ3) is 4.58. The van der Waals surface area contributed by atoms with Gasteiger partial charge in [0.25, 0.3) is 0 Å². The molecule has 3 nitrogen and oxygen atoms in total. The van der Waals surface area contributed by atoms with Crippen molar-refractivity contribution in [1.29, 1.82) is 0 Å². The highest BCUT2D eigenvalue weighted by molar-refractivity contribution is 6.36. The van der Waals surface area contributed by atoms with Crippen LogP contribution in [-0.4, -0.2) is 12.1 Å². The lowest BCUT2D eigenvalue weighted by molar-refractivity contribution is -0.120. The first-order valence-corrected chi connectivity index (χ1v) is 7.54. The summed E-state index contributed by atoms with van der Waals surface area (Å²) in [5.74, 6) is -0.176. The molecule has 5 heteroatoms. The fourth-order valence-electron chi connectivity index (χ4n) is 1.92. The van der Waals surface area contributed by atoms with Gasteiger partial charge in [0.05, 0.1) is 17.7 Å². The molecule has 0 heterocycles. The van der Waals surface area contributed by atoms with Crippen molar-refractivity contribution in [2.75, 3.05) is 0 Å². The minimum Gasteiger partial charge on any atom is -0.273 e. The number of aryl methyl sites for hydroxylation is 2. The van der Waals surface area contributed by atoms with Crippen LogP contribution in [-0.2, 0) is 11.2 Å². The average Bonchev–Trinajstić information content (AvgIpc) is 2.45. The predicted octanol–water partition coefficient (Wildman–Crippen LogP) is 4.30. The van der Waals surface area contributed by atoms with E-state index < -0.39 is 0 Å². The number of carbonyl (C=O) groups excluding carboxylic acids is 1. The summed E-state index contributed by atoms with van der Waals surface area (Å²) in [7, 11) is 0. The lowest BCUT2D eigenvalue weighted by Gasteiger charge is -2.04. The van der Waals surface area contributed by atoms with Crippen LogP contribution in [0.4, 0.5) is 0 Å². The summed E-state index contributed by atoms with van der Waals surface area (Å²) in [5, 5.41) is 4.96. The molecular weight excluding hydrogens is 319 g/mol. The van der Waals surface area contributed by atoms with Crippen LogP contribution in [0.25, 0.3) is 0 Å². The molecule has 0 aromatic heterocycles. The van der Waals surface area contributed by atoms with Gasteiger partial charge in [-0.1, -0.05) is 47.5 Å². The minimum atomic E-state index is -0.176. The second-order valence-electron chi connectivity index (χ2n) is 5.05. The summed E-state index contributed by atoms with van der Waals surface area (Å²) in [6, 6.07) is 11.0. The van der Waals surface area contributed by atoms with E-state index in [0.29, 0.717) is 15.6 Å². The van der Waals surface area contributed by atoms with Crippen LogP contribution in [0.5, 0.6) is 0 Å². The third-order valence-corrected chi connectivity index (χ3v) is 3.85. The van der Waals surface area contributed by atoms with E-state index in [2.05, 4.69) is 10.5 Å². The number of hydrogen-bond acceptors (Lipinski definition) is 2. The molecule has 1 N–H and O–H groups in total. The molecule has 22 heavy (non-hydrogen) atoms. The molecule has 0 saturated carbocycles. The van der Waals surface area contributed by atoms with Gasteiger partial charge in [-0.05, 0) is 42.7 Å². The Bertz CT molecular complexity index is 727. The van der Waals surface area contributed by atoms with Gasteiger partial charge in [-0.3, -0.25) is 4.79 Å². The van der Waals surface area contributed by atoms with E-state index in [4.69, 9.17) is 23.2 Å². The number of carbonyl (C=O) groups is 1. The molecule has 2 aromatic rings. The maximum Gasteiger partial charge on any atom is 0.244 e. The Morgan fingerprint density at radius 2 is 1.91 bits per heavy atom. The quantitative estimate of drug-likeness (QED) is 0.657. The van der Waals surface area contributed by atoms with Crippen molar-refractivity contribution in [3.8, 4) is 0 Å². The van der Waals surface area contributed by atoms with Gasteiger partial charge >= 0.3 is 0 Å². The predicted molar refractivity (Wildman–Crippen MR) is 91.8 cm³/mol. The van der Waals surface area contributed by atoms with Gasteiger partial charge in [-0.15, -0.1) is 0 Å². The minimum absolute atomic E-state index is 0.176. The number of nitrogens with one attached hydrogen (secondary N) is 1. The first kappa shape index (κ1) is 16.5. The molecule has 0 aliphatic carbocycles. The molecule has 1 amide bonds. The Hall–Kier alpha value is -1.84. The highest BCUT2D eigenvalue weighted by Crippen LogP contribution is 2.19. The summed E-state index contributed by atoms with van der Waals surface area (Å²) < 4.78 is 0. The number of hydrogen-bond donors (Lipinski definition) is 1. The van der Waals surface area contributed by atoms with E-state index in [0.717, 1.165) is 5.56 Å². The summed E-state index contributed by atoms with van der Waals surface area (Å²) in [6.45, 7) is 4.07. The van der Waals surface area contributed by atoms with Crippen molar-refractivity contribution in [1.82, 2.24) is 5.43 Å². The van der Waals surface area contributed by atoms with Crippen molar-refractivity contribution in [3.63, 3.8) is 0 Å². The molecule has 0 spiro atoms. The zero-order chi connectivity index (χ0) is 16.1. The van der Waals surface area contributed by atoms with Gasteiger partial charge in [-0.25, -0.2) is 5.43 Å². The third-order valence-electron chi connectivity index (χ3n) is 3.29. The monoisotopic (exact) mass is 334 g/mol. The number of nitrogens with zero attached hydrogens (tertiary/aromatic N) is 1. The van der Waals surface area contributed by atoms with Crippen molar-refractivity contribution < 1.29 is 4.79 Å². The molecule has 0 unspecified atom stereocenters. The standard InChI is InChI=1S/C17H16Cl2N2O/c1-11-3-4-13(7-12(11)2)8-17(22)21-20-10-14-5-6-15(18)9-16(14)19/h3-7,9-10H,8H2,1-2H3,(H,21,22)/b20-10-. The van der Waals surface area contributed by atoms with Crippen molar-refractivity contribution in [2.24, 2.45) is 5.10 Å². The van der Waals surface area contributed by atoms with Crippen LogP contribution >= 0.6 is 23.2 Å². The summed E-state index contributed by atoms with van der Waals surface area (Å²) in [5.41, 5.74) is 6.52. The maximum atomic E-state index is 11.9. The Kier molecular flexibility index (Phi) is 5.58. The first-order valence-electron chi connectivity index (χ1n) is 6.79. The van der Waals surface area contributed by atoms with E-state index in [1.54, 1.807) is 18.2 Å². The fourth-order valence-corrected chi connectivity index (χ4v) is 2.38. The van der Waals surface area contributed by atoms with Crippen LogP contribution in [0.3, 0.4) is 0 Å². The summed E-state index contributed by atoms with van der Waals surface area (Å²) in [6.07, 6.45) is 1.78. The summed E-state index contributed by atoms with van der Waals surface area (Å²) >= 11 is 11.8. The van der Waals surface area contributed by atoms with Gasteiger partial charge in [0.15, 0.2) is 0 Å². The highest BCUT2D eigenvalue weighted by atomic mass is 35.5. The second-order valence-corrected chi connectivity index (χ2v) is 5.90. The smallest absolute Gasteiger partial charge is 0.244 e. The molecule has 114 valence electrons. The second kappa shape index (κ2) is 7.43. The van der Waals surface area contributed by atoms with Crippen molar-refractivity contribution >= 4 is 35.3 Å². The van der Waals surface area contributed by atoms with Crippen LogP contribution in [0, 0.1) is 13.8 Å². The molecule has 0 aliphatic rings. The SMILES string of the molecule is Cc1ccc(CC(=O)N/N=C\c2ccc(Cl)cc2Cl)cc1C. The highest BCUT2D eigenvalue weighted by Gasteiger charge is 2.04. The van der Waals surface area contributed by atoms with Crippen LogP contribution < -0.4 is 5.43 Å². The molecule has 2 rings (SSSR count). The van der Waals surface area contributed by atoms with Crippen molar-refractivity contribution in [2.45, 2.75) is 20.3 Å². The number of amides is 1. The van der Waals surface area contributed by atoms with Gasteiger partial charge in [0, 0.05) is 10.6 Å². The molecule has 2 aromatic carbocycles. The Morgan fingerprint density at radius 1 is 1.14 bits per heavy atom. The number of halogens is 2. The zero-order valence-corrected chi connectivity index (χ0v) is 13.9. The van der Waals surface area contributed by atoms with E-state index in [1.165, 1.54) is 17.3 Å². The fraction of sp³-hybridized carbons (Fsp3) is 0.176. The molecule has 0 atom stereocenters. The molecule has 0 bridgehead atoms. The molecule has 0 fully saturated rings. The lowest BCUT2D eigenvalue weighted by atomic mass is 10.0. The normalized spacial score (nSPS) is 10.9. The van der Waals surface area contributed by atoms with Gasteiger partial charge < -0.3 is 0 Å². The molecule has 0 aliphatic heterocycles.